The molecule has 0 aromatic heterocycles. The van der Waals surface area contributed by atoms with Crippen molar-refractivity contribution in [2.75, 3.05) is 7.11 Å². The minimum absolute atomic E-state index is 0.0369. The van der Waals surface area contributed by atoms with E-state index in [4.69, 9.17) is 4.74 Å². The summed E-state index contributed by atoms with van der Waals surface area (Å²) in [4.78, 5) is 37.0. The number of carbonyl (C=O) groups excluding carboxylic acids is 3. The van der Waals surface area contributed by atoms with Crippen LogP contribution in [0.2, 0.25) is 0 Å². The molecule has 0 aliphatic heterocycles. The largest absolute Gasteiger partial charge is 0.467 e. The zero-order valence-corrected chi connectivity index (χ0v) is 16.6. The second-order valence-corrected chi connectivity index (χ2v) is 6.75. The molecule has 1 N–H and O–H groups in total. The van der Waals surface area contributed by atoms with Gasteiger partial charge in [-0.25, -0.2) is 13.6 Å². The van der Waals surface area contributed by atoms with Gasteiger partial charge in [0.1, 0.15) is 6.04 Å². The molecule has 3 aromatic rings. The van der Waals surface area contributed by atoms with Crippen molar-refractivity contribution < 1.29 is 27.9 Å². The van der Waals surface area contributed by atoms with Gasteiger partial charge in [0, 0.05) is 17.5 Å². The Hall–Kier alpha value is -3.87. The van der Waals surface area contributed by atoms with Crippen LogP contribution in [0.3, 0.4) is 0 Å². The van der Waals surface area contributed by atoms with Crippen LogP contribution in [0.25, 0.3) is 0 Å². The van der Waals surface area contributed by atoms with Gasteiger partial charge < -0.3 is 10.1 Å². The normalized spacial score (nSPS) is 11.5. The number of hydrogen-bond acceptors (Lipinski definition) is 4. The molecule has 0 fully saturated rings. The Balaban J connectivity index is 1.75. The molecule has 3 rings (SSSR count). The summed E-state index contributed by atoms with van der Waals surface area (Å²) >= 11 is 0. The Morgan fingerprint density at radius 1 is 0.871 bits per heavy atom. The third kappa shape index (κ3) is 5.19. The topological polar surface area (TPSA) is 72.5 Å². The maximum Gasteiger partial charge on any atom is 0.328 e. The highest BCUT2D eigenvalue weighted by Gasteiger charge is 2.25. The van der Waals surface area contributed by atoms with E-state index in [2.05, 4.69) is 5.32 Å². The predicted octanol–water partition coefficient (Wildman–Crippen LogP) is 3.71. The Labute approximate surface area is 177 Å². The fraction of sp³-hybridized carbons (Fsp3) is 0.125. The number of hydrogen-bond donors (Lipinski definition) is 1. The van der Waals surface area contributed by atoms with Crippen molar-refractivity contribution >= 4 is 17.7 Å². The highest BCUT2D eigenvalue weighted by atomic mass is 19.2. The number of methoxy groups -OCH3 is 1. The Morgan fingerprint density at radius 3 is 2.16 bits per heavy atom. The second-order valence-electron chi connectivity index (χ2n) is 6.75. The van der Waals surface area contributed by atoms with Gasteiger partial charge in [-0.1, -0.05) is 60.7 Å². The van der Waals surface area contributed by atoms with Gasteiger partial charge in [-0.05, 0) is 17.7 Å². The molecule has 0 unspecified atom stereocenters. The SMILES string of the molecule is COC(=O)[C@@H](Cc1ccc(C(=O)c2ccccc2)cc1)NC(=O)c1cccc(F)c1F. The first-order valence-electron chi connectivity index (χ1n) is 9.42. The van der Waals surface area contributed by atoms with E-state index in [0.29, 0.717) is 16.7 Å². The molecule has 3 aromatic carbocycles. The fourth-order valence-electron chi connectivity index (χ4n) is 3.03. The van der Waals surface area contributed by atoms with Crippen LogP contribution in [-0.2, 0) is 16.0 Å². The van der Waals surface area contributed by atoms with E-state index < -0.39 is 35.1 Å². The van der Waals surface area contributed by atoms with E-state index in [-0.39, 0.29) is 12.2 Å². The first-order chi connectivity index (χ1) is 14.9. The number of rotatable bonds is 7. The number of carbonyl (C=O) groups is 3. The molecule has 1 atom stereocenters. The summed E-state index contributed by atoms with van der Waals surface area (Å²) < 4.78 is 32.0. The number of ether oxygens (including phenoxy) is 1. The lowest BCUT2D eigenvalue weighted by atomic mass is 9.99. The van der Waals surface area contributed by atoms with Crippen LogP contribution in [0.5, 0.6) is 0 Å². The molecule has 0 spiro atoms. The number of benzene rings is 3. The van der Waals surface area contributed by atoms with Crippen molar-refractivity contribution in [3.05, 3.63) is 107 Å². The van der Waals surface area contributed by atoms with Crippen LogP contribution in [0.1, 0.15) is 31.8 Å². The van der Waals surface area contributed by atoms with Gasteiger partial charge in [0.2, 0.25) is 0 Å². The van der Waals surface area contributed by atoms with Crippen LogP contribution < -0.4 is 5.32 Å². The lowest BCUT2D eigenvalue weighted by molar-refractivity contribution is -0.142. The van der Waals surface area contributed by atoms with Gasteiger partial charge in [0.05, 0.1) is 12.7 Å². The Bertz CT molecular complexity index is 1100. The molecule has 0 aliphatic rings. The lowest BCUT2D eigenvalue weighted by Gasteiger charge is -2.17. The lowest BCUT2D eigenvalue weighted by Crippen LogP contribution is -2.43. The molecule has 0 heterocycles. The number of amides is 1. The minimum Gasteiger partial charge on any atom is -0.467 e. The van der Waals surface area contributed by atoms with Gasteiger partial charge in [-0.3, -0.25) is 9.59 Å². The van der Waals surface area contributed by atoms with Gasteiger partial charge in [-0.2, -0.15) is 0 Å². The molecular weight excluding hydrogens is 404 g/mol. The molecule has 31 heavy (non-hydrogen) atoms. The number of esters is 1. The third-order valence-corrected chi connectivity index (χ3v) is 4.68. The van der Waals surface area contributed by atoms with E-state index in [1.807, 2.05) is 6.07 Å². The summed E-state index contributed by atoms with van der Waals surface area (Å²) in [6, 6.07) is 17.4. The molecule has 1 amide bonds. The first-order valence-corrected chi connectivity index (χ1v) is 9.42. The number of ketones is 1. The van der Waals surface area contributed by atoms with E-state index in [0.717, 1.165) is 19.2 Å². The highest BCUT2D eigenvalue weighted by Crippen LogP contribution is 2.15. The predicted molar refractivity (Wildman–Crippen MR) is 110 cm³/mol. The van der Waals surface area contributed by atoms with Crippen LogP contribution in [0.4, 0.5) is 8.78 Å². The van der Waals surface area contributed by atoms with Gasteiger partial charge in [0.25, 0.3) is 5.91 Å². The van der Waals surface area contributed by atoms with Gasteiger partial charge in [0.15, 0.2) is 17.4 Å². The average molecular weight is 423 g/mol. The van der Waals surface area contributed by atoms with Crippen LogP contribution in [-0.4, -0.2) is 30.8 Å². The molecule has 158 valence electrons. The molecular formula is C24H19F2NO4. The molecule has 0 aliphatic carbocycles. The van der Waals surface area contributed by atoms with Crippen molar-refractivity contribution in [3.63, 3.8) is 0 Å². The van der Waals surface area contributed by atoms with Gasteiger partial charge in [-0.15, -0.1) is 0 Å². The summed E-state index contributed by atoms with van der Waals surface area (Å²) in [5.41, 5.74) is 1.14. The highest BCUT2D eigenvalue weighted by molar-refractivity contribution is 6.08. The maximum atomic E-state index is 13.9. The van der Waals surface area contributed by atoms with Crippen molar-refractivity contribution in [2.45, 2.75) is 12.5 Å². The summed E-state index contributed by atoms with van der Waals surface area (Å²) in [7, 11) is 1.16. The van der Waals surface area contributed by atoms with Crippen molar-refractivity contribution in [1.82, 2.24) is 5.32 Å². The van der Waals surface area contributed by atoms with E-state index in [1.165, 1.54) is 6.07 Å². The third-order valence-electron chi connectivity index (χ3n) is 4.68. The zero-order valence-electron chi connectivity index (χ0n) is 16.6. The maximum absolute atomic E-state index is 13.9. The van der Waals surface area contributed by atoms with Crippen LogP contribution >= 0.6 is 0 Å². The molecule has 0 bridgehead atoms. The van der Waals surface area contributed by atoms with Crippen molar-refractivity contribution in [3.8, 4) is 0 Å². The van der Waals surface area contributed by atoms with Crippen molar-refractivity contribution in [2.24, 2.45) is 0 Å². The molecule has 0 saturated carbocycles. The Morgan fingerprint density at radius 2 is 1.52 bits per heavy atom. The standard InChI is InChI=1S/C24H19F2NO4/c1-31-24(30)20(27-23(29)18-8-5-9-19(25)21(18)26)14-15-10-12-17(13-11-15)22(28)16-6-3-2-4-7-16/h2-13,20H,14H2,1H3,(H,27,29)/t20-/m1/s1. The van der Waals surface area contributed by atoms with E-state index in [9.17, 15) is 23.2 Å². The van der Waals surface area contributed by atoms with Crippen LogP contribution in [0.15, 0.2) is 72.8 Å². The molecule has 5 nitrogen and oxygen atoms in total. The smallest absolute Gasteiger partial charge is 0.328 e. The minimum atomic E-state index is -1.30. The zero-order chi connectivity index (χ0) is 22.4. The summed E-state index contributed by atoms with van der Waals surface area (Å²) in [5.74, 6) is -4.29. The molecule has 0 radical (unpaired) electrons. The fourth-order valence-corrected chi connectivity index (χ4v) is 3.03. The van der Waals surface area contributed by atoms with Crippen molar-refractivity contribution in [1.29, 1.82) is 0 Å². The summed E-state index contributed by atoms with van der Waals surface area (Å²) in [6.07, 6.45) is 0.0369. The first kappa shape index (κ1) is 21.8. The van der Waals surface area contributed by atoms with Gasteiger partial charge >= 0.3 is 5.97 Å². The van der Waals surface area contributed by atoms with Crippen LogP contribution in [0, 0.1) is 11.6 Å². The number of nitrogens with one attached hydrogen (secondary N) is 1. The van der Waals surface area contributed by atoms with E-state index >= 15 is 0 Å². The monoisotopic (exact) mass is 423 g/mol. The summed E-state index contributed by atoms with van der Waals surface area (Å²) in [5, 5.41) is 2.38. The Kier molecular flexibility index (Phi) is 6.87. The quantitative estimate of drug-likeness (QED) is 0.465. The second kappa shape index (κ2) is 9.75. The number of halogens is 2. The van der Waals surface area contributed by atoms with E-state index in [1.54, 1.807) is 48.5 Å². The molecule has 7 heteroatoms. The average Bonchev–Trinajstić information content (AvgIpc) is 2.80. The molecule has 0 saturated heterocycles. The summed E-state index contributed by atoms with van der Waals surface area (Å²) in [6.45, 7) is 0.